The van der Waals surface area contributed by atoms with Gasteiger partial charge in [0.05, 0.1) is 19.8 Å². The fourth-order valence-corrected chi connectivity index (χ4v) is 28.1. The van der Waals surface area contributed by atoms with Crippen LogP contribution in [0, 0.1) is 0 Å². The number of ether oxygens (including phenoxy) is 3. The third kappa shape index (κ3) is 12.6. The molecule has 1 heterocycles. The van der Waals surface area contributed by atoms with Crippen molar-refractivity contribution in [3.8, 4) is 0 Å². The number of carbonyl (C=O) groups excluding carboxylic acids is 2. The first-order valence-electron chi connectivity index (χ1n) is 23.9. The zero-order valence-corrected chi connectivity index (χ0v) is 45.7. The van der Waals surface area contributed by atoms with E-state index >= 15 is 0 Å². The lowest BCUT2D eigenvalue weighted by molar-refractivity contribution is -0.143. The van der Waals surface area contributed by atoms with Gasteiger partial charge in [0.1, 0.15) is 30.6 Å². The van der Waals surface area contributed by atoms with E-state index in [1.807, 2.05) is 54.6 Å². The summed E-state index contributed by atoms with van der Waals surface area (Å²) < 4.78 is 41.0. The van der Waals surface area contributed by atoms with Crippen molar-refractivity contribution in [3.05, 3.63) is 77.4 Å². The Kier molecular flexibility index (Phi) is 20.5. The molecule has 1 N–H and O–H groups in total. The Labute approximate surface area is 386 Å². The summed E-state index contributed by atoms with van der Waals surface area (Å²) in [4.78, 5) is 25.8. The summed E-state index contributed by atoms with van der Waals surface area (Å²) in [5.74, 6) is 0.187. The SMILES string of the molecule is COC(=O)[C@H](Cc1ccc(C2=C[C@@H](O[Si](C(C)C)(C(C)C)C(C)C)[C@H](O[Si](C(C)C)(C(C)C)C(C)C)[C@@H](CO[Si](C(C)C)(C(C)C)C(C)C)O2)cc1)NC(=O)OCc1ccccc1. The van der Waals surface area contributed by atoms with E-state index in [2.05, 4.69) is 136 Å². The Bertz CT molecular complexity index is 1680. The number of rotatable bonds is 23. The van der Waals surface area contributed by atoms with Crippen molar-refractivity contribution < 1.29 is 37.1 Å². The summed E-state index contributed by atoms with van der Waals surface area (Å²) in [6.45, 7) is 42.6. The van der Waals surface area contributed by atoms with Gasteiger partial charge in [0.2, 0.25) is 25.0 Å². The number of hydrogen-bond acceptors (Lipinski definition) is 8. The van der Waals surface area contributed by atoms with Gasteiger partial charge in [-0.3, -0.25) is 0 Å². The van der Waals surface area contributed by atoms with Gasteiger partial charge in [-0.2, -0.15) is 0 Å². The van der Waals surface area contributed by atoms with Gasteiger partial charge in [-0.15, -0.1) is 0 Å². The molecule has 0 fully saturated rings. The number of benzene rings is 2. The number of nitrogens with one attached hydrogen (secondary N) is 1. The highest BCUT2D eigenvalue weighted by Crippen LogP contribution is 2.49. The highest BCUT2D eigenvalue weighted by molar-refractivity contribution is 6.78. The quantitative estimate of drug-likeness (QED) is 0.0869. The zero-order chi connectivity index (χ0) is 47.6. The van der Waals surface area contributed by atoms with E-state index in [-0.39, 0.29) is 25.2 Å². The van der Waals surface area contributed by atoms with Crippen LogP contribution in [0.1, 0.15) is 141 Å². The van der Waals surface area contributed by atoms with Crippen LogP contribution in [-0.2, 0) is 45.3 Å². The van der Waals surface area contributed by atoms with E-state index in [1.54, 1.807) is 0 Å². The van der Waals surface area contributed by atoms with Crippen LogP contribution in [-0.4, -0.2) is 75.1 Å². The molecule has 0 aliphatic carbocycles. The molecule has 2 aromatic carbocycles. The zero-order valence-electron chi connectivity index (χ0n) is 42.7. The molecule has 4 atom stereocenters. The van der Waals surface area contributed by atoms with E-state index in [9.17, 15) is 9.59 Å². The van der Waals surface area contributed by atoms with Crippen molar-refractivity contribution in [1.29, 1.82) is 0 Å². The number of methoxy groups -OCH3 is 1. The van der Waals surface area contributed by atoms with Gasteiger partial charge in [0.25, 0.3) is 0 Å². The molecule has 3 rings (SSSR count). The van der Waals surface area contributed by atoms with Crippen molar-refractivity contribution in [1.82, 2.24) is 5.32 Å². The maximum absolute atomic E-state index is 12.9. The van der Waals surface area contributed by atoms with Crippen LogP contribution >= 0.6 is 0 Å². The summed E-state index contributed by atoms with van der Waals surface area (Å²) in [6.07, 6.45) is 0.563. The molecule has 0 aromatic heterocycles. The van der Waals surface area contributed by atoms with Crippen molar-refractivity contribution in [2.75, 3.05) is 13.7 Å². The third-order valence-corrected chi connectivity index (χ3v) is 32.5. The summed E-state index contributed by atoms with van der Waals surface area (Å²) in [6, 6.07) is 16.5. The Balaban J connectivity index is 2.19. The van der Waals surface area contributed by atoms with E-state index in [0.717, 1.165) is 22.4 Å². The summed E-state index contributed by atoms with van der Waals surface area (Å²) in [5, 5.41) is 2.72. The molecule has 63 heavy (non-hydrogen) atoms. The predicted molar refractivity (Wildman–Crippen MR) is 267 cm³/mol. The molecule has 0 radical (unpaired) electrons. The fraction of sp³-hybridized carbons (Fsp3) is 0.686. The molecule has 2 aromatic rings. The number of hydrogen-bond donors (Lipinski definition) is 1. The van der Waals surface area contributed by atoms with Crippen molar-refractivity contribution in [2.24, 2.45) is 0 Å². The molecular weight excluding hydrogens is 839 g/mol. The molecule has 356 valence electrons. The van der Waals surface area contributed by atoms with Gasteiger partial charge in [0, 0.05) is 12.0 Å². The minimum absolute atomic E-state index is 0.0906. The lowest BCUT2D eigenvalue weighted by Crippen LogP contribution is -2.61. The average Bonchev–Trinajstić information content (AvgIpc) is 3.20. The van der Waals surface area contributed by atoms with Crippen LogP contribution in [0.3, 0.4) is 0 Å². The molecule has 0 spiro atoms. The van der Waals surface area contributed by atoms with E-state index in [4.69, 9.17) is 27.5 Å². The second-order valence-electron chi connectivity index (χ2n) is 20.8. The van der Waals surface area contributed by atoms with Gasteiger partial charge >= 0.3 is 12.1 Å². The minimum atomic E-state index is -2.46. The second-order valence-corrected chi connectivity index (χ2v) is 37.1. The molecule has 1 aliphatic heterocycles. The summed E-state index contributed by atoms with van der Waals surface area (Å²) in [7, 11) is -5.91. The van der Waals surface area contributed by atoms with Crippen LogP contribution in [0.15, 0.2) is 60.7 Å². The topological polar surface area (TPSA) is 102 Å². The molecule has 9 nitrogen and oxygen atoms in total. The first-order chi connectivity index (χ1) is 29.4. The van der Waals surface area contributed by atoms with Crippen LogP contribution in [0.4, 0.5) is 4.79 Å². The highest BCUT2D eigenvalue weighted by Gasteiger charge is 2.55. The van der Waals surface area contributed by atoms with Crippen molar-refractivity contribution >= 4 is 42.8 Å². The van der Waals surface area contributed by atoms with Gasteiger partial charge in [-0.05, 0) is 67.1 Å². The highest BCUT2D eigenvalue weighted by atomic mass is 28.4. The van der Waals surface area contributed by atoms with Gasteiger partial charge in [0.15, 0.2) is 0 Å². The standard InChI is InChI=1S/C51H87NO8Si3/c1-33(2)61(34(3)4,35(5)6)57-32-48-49(60-63(39(13)14,40(15)16)41(17)18)47(59-62(36(7)8,37(9)10)38(11)12)30-46(58-48)44-27-25-42(26-28-44)29-45(50(53)55-19)52-51(54)56-31-43-23-21-20-22-24-43/h20-28,30,33-41,45,47-49H,29,31-32H2,1-19H3,(H,52,54)/t45-,47+,48+,49-/m0/s1. The third-order valence-electron chi connectivity index (χ3n) is 14.3. The molecule has 12 heteroatoms. The number of esters is 1. The Morgan fingerprint density at radius 2 is 1.06 bits per heavy atom. The molecule has 0 bridgehead atoms. The van der Waals surface area contributed by atoms with E-state index < -0.39 is 49.2 Å². The normalized spacial score (nSPS) is 18.3. The summed E-state index contributed by atoms with van der Waals surface area (Å²) >= 11 is 0. The van der Waals surface area contributed by atoms with Crippen LogP contribution in [0.25, 0.3) is 5.76 Å². The Morgan fingerprint density at radius 1 is 0.603 bits per heavy atom. The summed E-state index contributed by atoms with van der Waals surface area (Å²) in [5.41, 5.74) is 6.00. The number of amides is 1. The first kappa shape index (κ1) is 54.6. The smallest absolute Gasteiger partial charge is 0.408 e. The second kappa shape index (κ2) is 23.6. The Hall–Kier alpha value is -2.75. The lowest BCUT2D eigenvalue weighted by atomic mass is 9.99. The van der Waals surface area contributed by atoms with Crippen molar-refractivity contribution in [3.63, 3.8) is 0 Å². The Morgan fingerprint density at radius 3 is 1.51 bits per heavy atom. The molecule has 1 aliphatic rings. The molecule has 0 unspecified atom stereocenters. The van der Waals surface area contributed by atoms with Crippen LogP contribution in [0.2, 0.25) is 49.9 Å². The molecule has 0 saturated carbocycles. The first-order valence-corrected chi connectivity index (χ1v) is 30.4. The maximum Gasteiger partial charge on any atom is 0.408 e. The van der Waals surface area contributed by atoms with E-state index in [0.29, 0.717) is 56.5 Å². The minimum Gasteiger partial charge on any atom is -0.485 e. The maximum atomic E-state index is 12.9. The van der Waals surface area contributed by atoms with Crippen LogP contribution in [0.5, 0.6) is 0 Å². The number of carbonyl (C=O) groups is 2. The van der Waals surface area contributed by atoms with Crippen molar-refractivity contribution in [2.45, 2.75) is 212 Å². The predicted octanol–water partition coefficient (Wildman–Crippen LogP) is 13.8. The molecular formula is C51H87NO8Si3. The van der Waals surface area contributed by atoms with E-state index in [1.165, 1.54) is 7.11 Å². The molecule has 1 amide bonds. The molecule has 0 saturated heterocycles. The van der Waals surface area contributed by atoms with Gasteiger partial charge in [-0.1, -0.05) is 179 Å². The number of alkyl carbamates (subject to hydrolysis) is 1. The van der Waals surface area contributed by atoms with Gasteiger partial charge < -0.3 is 32.8 Å². The largest absolute Gasteiger partial charge is 0.485 e. The lowest BCUT2D eigenvalue weighted by Gasteiger charge is -2.52. The van der Waals surface area contributed by atoms with Gasteiger partial charge in [-0.25, -0.2) is 9.59 Å². The fourth-order valence-electron chi connectivity index (χ4n) is 11.6. The van der Waals surface area contributed by atoms with Crippen LogP contribution < -0.4 is 5.32 Å². The monoisotopic (exact) mass is 926 g/mol. The average molecular weight is 927 g/mol.